The van der Waals surface area contributed by atoms with Gasteiger partial charge in [0.2, 0.25) is 0 Å². The molecule has 0 saturated heterocycles. The van der Waals surface area contributed by atoms with Crippen LogP contribution in [0.15, 0.2) is 91.0 Å². The Morgan fingerprint density at radius 2 is 1.47 bits per heavy atom. The highest BCUT2D eigenvalue weighted by molar-refractivity contribution is 5.78. The molecular weight excluding hydrogens is 378 g/mol. The standard InChI is InChI=1S/C25H21NO4/c27-25(28)23(18-6-2-1-3-7-18)17-30-22-14-12-21(13-15-22)29-16-20-11-10-19-8-4-5-9-24(19)26-20/h1-15,23H,16-17H2,(H,27,28). The summed E-state index contributed by atoms with van der Waals surface area (Å²) in [5.74, 6) is -0.353. The smallest absolute Gasteiger partial charge is 0.314 e. The zero-order valence-corrected chi connectivity index (χ0v) is 16.3. The van der Waals surface area contributed by atoms with Crippen molar-refractivity contribution in [1.29, 1.82) is 0 Å². The first-order chi connectivity index (χ1) is 14.7. The van der Waals surface area contributed by atoms with Crippen LogP contribution in [0, 0.1) is 0 Å². The first-order valence-corrected chi connectivity index (χ1v) is 9.67. The number of carboxylic acid groups (broad SMARTS) is 1. The number of carbonyl (C=O) groups is 1. The highest BCUT2D eigenvalue weighted by atomic mass is 16.5. The van der Waals surface area contributed by atoms with Gasteiger partial charge >= 0.3 is 5.97 Å². The maximum atomic E-state index is 11.6. The van der Waals surface area contributed by atoms with Crippen LogP contribution >= 0.6 is 0 Å². The van der Waals surface area contributed by atoms with Gasteiger partial charge < -0.3 is 14.6 Å². The summed E-state index contributed by atoms with van der Waals surface area (Å²) >= 11 is 0. The molecule has 1 unspecified atom stereocenters. The quantitative estimate of drug-likeness (QED) is 0.448. The molecule has 0 radical (unpaired) electrons. The molecule has 0 fully saturated rings. The van der Waals surface area contributed by atoms with Gasteiger partial charge in [-0.1, -0.05) is 54.6 Å². The molecular formula is C25H21NO4. The van der Waals surface area contributed by atoms with E-state index in [1.807, 2.05) is 54.6 Å². The molecule has 1 N–H and O–H groups in total. The van der Waals surface area contributed by atoms with E-state index in [1.165, 1.54) is 0 Å². The van der Waals surface area contributed by atoms with Gasteiger partial charge in [-0.25, -0.2) is 4.98 Å². The molecule has 0 bridgehead atoms. The predicted octanol–water partition coefficient (Wildman–Crippen LogP) is 5.06. The minimum Gasteiger partial charge on any atom is -0.492 e. The van der Waals surface area contributed by atoms with Gasteiger partial charge in [-0.2, -0.15) is 0 Å². The lowest BCUT2D eigenvalue weighted by molar-refractivity contribution is -0.139. The third kappa shape index (κ3) is 4.75. The van der Waals surface area contributed by atoms with Crippen LogP contribution in [0.1, 0.15) is 17.2 Å². The number of aliphatic carboxylic acids is 1. The van der Waals surface area contributed by atoms with Crippen molar-refractivity contribution in [2.24, 2.45) is 0 Å². The monoisotopic (exact) mass is 399 g/mol. The number of hydrogen-bond donors (Lipinski definition) is 1. The Morgan fingerprint density at radius 3 is 2.20 bits per heavy atom. The molecule has 1 atom stereocenters. The van der Waals surface area contributed by atoms with Gasteiger partial charge in [-0.3, -0.25) is 4.79 Å². The third-order valence-corrected chi connectivity index (χ3v) is 4.78. The number of fused-ring (bicyclic) bond motifs is 1. The van der Waals surface area contributed by atoms with Crippen molar-refractivity contribution >= 4 is 16.9 Å². The average Bonchev–Trinajstić information content (AvgIpc) is 2.79. The van der Waals surface area contributed by atoms with Gasteiger partial charge in [0.15, 0.2) is 0 Å². The molecule has 3 aromatic carbocycles. The van der Waals surface area contributed by atoms with Crippen molar-refractivity contribution in [3.63, 3.8) is 0 Å². The normalized spacial score (nSPS) is 11.7. The second kappa shape index (κ2) is 9.09. The first-order valence-electron chi connectivity index (χ1n) is 9.67. The topological polar surface area (TPSA) is 68.7 Å². The number of ether oxygens (including phenoxy) is 2. The van der Waals surface area contributed by atoms with E-state index in [-0.39, 0.29) is 6.61 Å². The van der Waals surface area contributed by atoms with Gasteiger partial charge in [0.25, 0.3) is 0 Å². The Labute approximate surface area is 174 Å². The molecule has 150 valence electrons. The van der Waals surface area contributed by atoms with Crippen molar-refractivity contribution < 1.29 is 19.4 Å². The third-order valence-electron chi connectivity index (χ3n) is 4.78. The molecule has 0 spiro atoms. The molecule has 0 aliphatic rings. The zero-order chi connectivity index (χ0) is 20.8. The van der Waals surface area contributed by atoms with Crippen molar-refractivity contribution in [2.45, 2.75) is 12.5 Å². The molecule has 0 amide bonds. The van der Waals surface area contributed by atoms with E-state index in [0.717, 1.165) is 16.6 Å². The Hall–Kier alpha value is -3.86. The van der Waals surface area contributed by atoms with Gasteiger partial charge in [0, 0.05) is 5.39 Å². The predicted molar refractivity (Wildman–Crippen MR) is 115 cm³/mol. The Kier molecular flexibility index (Phi) is 5.90. The summed E-state index contributed by atoms with van der Waals surface area (Å²) < 4.78 is 11.5. The summed E-state index contributed by atoms with van der Waals surface area (Å²) in [6.45, 7) is 0.417. The van der Waals surface area contributed by atoms with E-state index in [0.29, 0.717) is 23.7 Å². The molecule has 4 rings (SSSR count). The van der Waals surface area contributed by atoms with Gasteiger partial charge in [0.1, 0.15) is 30.6 Å². The Balaban J connectivity index is 1.34. The minimum atomic E-state index is -0.913. The highest BCUT2D eigenvalue weighted by Crippen LogP contribution is 2.22. The lowest BCUT2D eigenvalue weighted by atomic mass is 10.0. The number of carboxylic acids is 1. The molecule has 0 saturated carbocycles. The van der Waals surface area contributed by atoms with Crippen LogP contribution < -0.4 is 9.47 Å². The van der Waals surface area contributed by atoms with Gasteiger partial charge in [-0.05, 0) is 42.0 Å². The van der Waals surface area contributed by atoms with E-state index in [2.05, 4.69) is 4.98 Å². The van der Waals surface area contributed by atoms with Crippen LogP contribution in [-0.4, -0.2) is 22.7 Å². The second-order valence-electron chi connectivity index (χ2n) is 6.87. The molecule has 30 heavy (non-hydrogen) atoms. The molecule has 4 aromatic rings. The number of rotatable bonds is 8. The van der Waals surface area contributed by atoms with E-state index in [9.17, 15) is 9.90 Å². The molecule has 1 aromatic heterocycles. The summed E-state index contributed by atoms with van der Waals surface area (Å²) in [4.78, 5) is 16.2. The van der Waals surface area contributed by atoms with E-state index >= 15 is 0 Å². The number of nitrogens with zero attached hydrogens (tertiary/aromatic N) is 1. The Morgan fingerprint density at radius 1 is 0.800 bits per heavy atom. The van der Waals surface area contributed by atoms with Crippen LogP contribution in [0.5, 0.6) is 11.5 Å². The molecule has 1 heterocycles. The Bertz CT molecular complexity index is 1130. The summed E-state index contributed by atoms with van der Waals surface area (Å²) in [7, 11) is 0. The molecule has 0 aliphatic carbocycles. The van der Waals surface area contributed by atoms with Crippen molar-refractivity contribution in [1.82, 2.24) is 4.98 Å². The lowest BCUT2D eigenvalue weighted by Crippen LogP contribution is -2.19. The van der Waals surface area contributed by atoms with E-state index in [4.69, 9.17) is 9.47 Å². The van der Waals surface area contributed by atoms with Crippen molar-refractivity contribution in [3.8, 4) is 11.5 Å². The van der Waals surface area contributed by atoms with Crippen LogP contribution in [0.25, 0.3) is 10.9 Å². The molecule has 0 aliphatic heterocycles. The first kappa shape index (κ1) is 19.5. The lowest BCUT2D eigenvalue weighted by Gasteiger charge is -2.14. The van der Waals surface area contributed by atoms with Gasteiger partial charge in [0.05, 0.1) is 11.2 Å². The second-order valence-corrected chi connectivity index (χ2v) is 6.87. The number of para-hydroxylation sites is 1. The van der Waals surface area contributed by atoms with E-state index in [1.54, 1.807) is 36.4 Å². The average molecular weight is 399 g/mol. The van der Waals surface area contributed by atoms with Crippen molar-refractivity contribution in [3.05, 3.63) is 102 Å². The van der Waals surface area contributed by atoms with Crippen LogP contribution in [-0.2, 0) is 11.4 Å². The fourth-order valence-corrected chi connectivity index (χ4v) is 3.15. The fraction of sp³-hybridized carbons (Fsp3) is 0.120. The van der Waals surface area contributed by atoms with Crippen molar-refractivity contribution in [2.75, 3.05) is 6.61 Å². The fourth-order valence-electron chi connectivity index (χ4n) is 3.15. The summed E-state index contributed by atoms with van der Waals surface area (Å²) in [5, 5.41) is 10.6. The maximum absolute atomic E-state index is 11.6. The number of hydrogen-bond acceptors (Lipinski definition) is 4. The highest BCUT2D eigenvalue weighted by Gasteiger charge is 2.20. The van der Waals surface area contributed by atoms with Crippen LogP contribution in [0.2, 0.25) is 0 Å². The number of benzene rings is 3. The molecule has 5 nitrogen and oxygen atoms in total. The number of aromatic nitrogens is 1. The summed E-state index contributed by atoms with van der Waals surface area (Å²) in [5.41, 5.74) is 2.50. The maximum Gasteiger partial charge on any atom is 0.314 e. The summed E-state index contributed by atoms with van der Waals surface area (Å²) in [6.07, 6.45) is 0. The van der Waals surface area contributed by atoms with Gasteiger partial charge in [-0.15, -0.1) is 0 Å². The largest absolute Gasteiger partial charge is 0.492 e. The van der Waals surface area contributed by atoms with E-state index < -0.39 is 11.9 Å². The molecule has 5 heteroatoms. The zero-order valence-electron chi connectivity index (χ0n) is 16.3. The van der Waals surface area contributed by atoms with Crippen LogP contribution in [0.4, 0.5) is 0 Å². The minimum absolute atomic E-state index is 0.0561. The van der Waals surface area contributed by atoms with Crippen LogP contribution in [0.3, 0.4) is 0 Å². The summed E-state index contributed by atoms with van der Waals surface area (Å²) in [6, 6.07) is 28.2. The number of pyridine rings is 1. The SMILES string of the molecule is O=C(O)C(COc1ccc(OCc2ccc3ccccc3n2)cc1)c1ccccc1.